The van der Waals surface area contributed by atoms with Gasteiger partial charge in [-0.2, -0.15) is 0 Å². The van der Waals surface area contributed by atoms with E-state index in [0.29, 0.717) is 6.54 Å². The third-order valence-electron chi connectivity index (χ3n) is 2.55. The normalized spacial score (nSPS) is 20.7. The maximum atomic E-state index is 12.0. The molecule has 0 aromatic rings. The number of Topliss-reactive ketones (excluding diaryl/α,β-unsaturated/α-hetero) is 1. The van der Waals surface area contributed by atoms with Gasteiger partial charge in [0, 0.05) is 6.54 Å². The fourth-order valence-corrected chi connectivity index (χ4v) is 1.82. The van der Waals surface area contributed by atoms with Crippen LogP contribution in [0.15, 0.2) is 0 Å². The second-order valence-electron chi connectivity index (χ2n) is 5.64. The molecule has 1 amide bonds. The van der Waals surface area contributed by atoms with Crippen LogP contribution < -0.4 is 0 Å². The molecule has 0 N–H and O–H groups in total. The summed E-state index contributed by atoms with van der Waals surface area (Å²) in [6, 6.07) is 0. The Balaban J connectivity index is 2.58. The van der Waals surface area contributed by atoms with E-state index in [-0.39, 0.29) is 24.7 Å². The van der Waals surface area contributed by atoms with E-state index in [1.165, 1.54) is 6.92 Å². The SMILES string of the molecule is CC(=O)COC1CCCCN1C(=O)OC(C)(C)C. The average molecular weight is 257 g/mol. The maximum absolute atomic E-state index is 12.0. The van der Waals surface area contributed by atoms with E-state index >= 15 is 0 Å². The predicted molar refractivity (Wildman–Crippen MR) is 67.2 cm³/mol. The number of rotatable bonds is 3. The zero-order valence-electron chi connectivity index (χ0n) is 11.7. The Kier molecular flexibility index (Phi) is 5.14. The van der Waals surface area contributed by atoms with Crippen molar-refractivity contribution >= 4 is 11.9 Å². The Morgan fingerprint density at radius 2 is 1.94 bits per heavy atom. The number of ether oxygens (including phenoxy) is 2. The number of nitrogens with zero attached hydrogens (tertiary/aromatic N) is 1. The molecule has 1 heterocycles. The van der Waals surface area contributed by atoms with Gasteiger partial charge in [-0.3, -0.25) is 9.69 Å². The van der Waals surface area contributed by atoms with Crippen molar-refractivity contribution in [3.8, 4) is 0 Å². The molecule has 0 spiro atoms. The first kappa shape index (κ1) is 15.0. The number of carbonyl (C=O) groups excluding carboxylic acids is 2. The second-order valence-corrected chi connectivity index (χ2v) is 5.64. The van der Waals surface area contributed by atoms with Gasteiger partial charge in [-0.05, 0) is 47.0 Å². The first-order valence-corrected chi connectivity index (χ1v) is 6.40. The van der Waals surface area contributed by atoms with Crippen LogP contribution in [-0.4, -0.2) is 41.8 Å². The molecule has 0 aromatic heterocycles. The minimum atomic E-state index is -0.514. The summed E-state index contributed by atoms with van der Waals surface area (Å²) in [5.41, 5.74) is -0.514. The summed E-state index contributed by atoms with van der Waals surface area (Å²) in [6.45, 7) is 7.64. The Morgan fingerprint density at radius 3 is 2.50 bits per heavy atom. The van der Waals surface area contributed by atoms with Gasteiger partial charge in [0.05, 0.1) is 0 Å². The van der Waals surface area contributed by atoms with Gasteiger partial charge in [0.15, 0.2) is 5.78 Å². The van der Waals surface area contributed by atoms with Crippen LogP contribution in [0.3, 0.4) is 0 Å². The van der Waals surface area contributed by atoms with E-state index in [1.54, 1.807) is 4.90 Å². The largest absolute Gasteiger partial charge is 0.444 e. The lowest BCUT2D eigenvalue weighted by Crippen LogP contribution is -2.47. The summed E-state index contributed by atoms with van der Waals surface area (Å²) in [6.07, 6.45) is 2.00. The highest BCUT2D eigenvalue weighted by molar-refractivity contribution is 5.76. The molecule has 5 nitrogen and oxygen atoms in total. The lowest BCUT2D eigenvalue weighted by atomic mass is 10.1. The number of amides is 1. The molecule has 1 aliphatic heterocycles. The summed E-state index contributed by atoms with van der Waals surface area (Å²) in [5, 5.41) is 0. The van der Waals surface area contributed by atoms with Crippen LogP contribution in [0.2, 0.25) is 0 Å². The smallest absolute Gasteiger partial charge is 0.412 e. The number of carbonyl (C=O) groups is 2. The molecule has 1 aliphatic rings. The topological polar surface area (TPSA) is 55.8 Å². The molecule has 0 bridgehead atoms. The standard InChI is InChI=1S/C13H23NO4/c1-10(15)9-17-11-7-5-6-8-14(11)12(16)18-13(2,3)4/h11H,5-9H2,1-4H3. The van der Waals surface area contributed by atoms with Crippen molar-refractivity contribution in [3.63, 3.8) is 0 Å². The summed E-state index contributed by atoms with van der Waals surface area (Å²) < 4.78 is 10.8. The van der Waals surface area contributed by atoms with Crippen molar-refractivity contribution in [3.05, 3.63) is 0 Å². The van der Waals surface area contributed by atoms with E-state index in [1.807, 2.05) is 20.8 Å². The van der Waals surface area contributed by atoms with Gasteiger partial charge in [-0.15, -0.1) is 0 Å². The molecule has 5 heteroatoms. The van der Waals surface area contributed by atoms with Gasteiger partial charge in [0.2, 0.25) is 0 Å². The maximum Gasteiger partial charge on any atom is 0.412 e. The van der Waals surface area contributed by atoms with Gasteiger partial charge in [-0.1, -0.05) is 0 Å². The van der Waals surface area contributed by atoms with Crippen molar-refractivity contribution < 1.29 is 19.1 Å². The van der Waals surface area contributed by atoms with E-state index < -0.39 is 5.60 Å². The predicted octanol–water partition coefficient (Wildman–Crippen LogP) is 2.34. The second kappa shape index (κ2) is 6.18. The van der Waals surface area contributed by atoms with Crippen LogP contribution >= 0.6 is 0 Å². The molecule has 0 aromatic carbocycles. The minimum Gasteiger partial charge on any atom is -0.444 e. The first-order valence-electron chi connectivity index (χ1n) is 6.40. The first-order chi connectivity index (χ1) is 8.29. The van der Waals surface area contributed by atoms with Crippen molar-refractivity contribution in [1.82, 2.24) is 4.90 Å². The van der Waals surface area contributed by atoms with Crippen LogP contribution in [0, 0.1) is 0 Å². The third-order valence-corrected chi connectivity index (χ3v) is 2.55. The number of hydrogen-bond donors (Lipinski definition) is 0. The Hall–Kier alpha value is -1.10. The van der Waals surface area contributed by atoms with E-state index in [9.17, 15) is 9.59 Å². The van der Waals surface area contributed by atoms with Gasteiger partial charge in [0.1, 0.15) is 18.4 Å². The molecule has 18 heavy (non-hydrogen) atoms. The van der Waals surface area contributed by atoms with Crippen LogP contribution in [0.5, 0.6) is 0 Å². The molecule has 1 unspecified atom stereocenters. The molecular formula is C13H23NO4. The molecule has 1 saturated heterocycles. The van der Waals surface area contributed by atoms with Gasteiger partial charge >= 0.3 is 6.09 Å². The summed E-state index contributed by atoms with van der Waals surface area (Å²) in [5.74, 6) is -0.0373. The number of likely N-dealkylation sites (tertiary alicyclic amines) is 1. The number of ketones is 1. The highest BCUT2D eigenvalue weighted by Crippen LogP contribution is 2.21. The monoisotopic (exact) mass is 257 g/mol. The molecule has 0 saturated carbocycles. The Labute approximate surface area is 108 Å². The lowest BCUT2D eigenvalue weighted by Gasteiger charge is -2.36. The van der Waals surface area contributed by atoms with Crippen LogP contribution in [0.25, 0.3) is 0 Å². The molecule has 1 fully saturated rings. The van der Waals surface area contributed by atoms with Crippen molar-refractivity contribution in [2.24, 2.45) is 0 Å². The van der Waals surface area contributed by atoms with E-state index in [0.717, 1.165) is 19.3 Å². The molecular weight excluding hydrogens is 234 g/mol. The van der Waals surface area contributed by atoms with Crippen LogP contribution in [0.1, 0.15) is 47.0 Å². The average Bonchev–Trinajstić information content (AvgIpc) is 2.24. The quantitative estimate of drug-likeness (QED) is 0.778. The number of hydrogen-bond acceptors (Lipinski definition) is 4. The summed E-state index contributed by atoms with van der Waals surface area (Å²) in [7, 11) is 0. The van der Waals surface area contributed by atoms with Crippen molar-refractivity contribution in [2.45, 2.75) is 58.8 Å². The van der Waals surface area contributed by atoms with Gasteiger partial charge in [0.25, 0.3) is 0 Å². The summed E-state index contributed by atoms with van der Waals surface area (Å²) >= 11 is 0. The third kappa shape index (κ3) is 5.04. The number of piperidine rings is 1. The van der Waals surface area contributed by atoms with E-state index in [2.05, 4.69) is 0 Å². The Morgan fingerprint density at radius 1 is 1.28 bits per heavy atom. The van der Waals surface area contributed by atoms with Gasteiger partial charge in [-0.25, -0.2) is 4.79 Å². The molecule has 0 aliphatic carbocycles. The highest BCUT2D eigenvalue weighted by Gasteiger charge is 2.31. The van der Waals surface area contributed by atoms with Gasteiger partial charge < -0.3 is 9.47 Å². The fraction of sp³-hybridized carbons (Fsp3) is 0.846. The molecule has 1 atom stereocenters. The van der Waals surface area contributed by atoms with Crippen LogP contribution in [0.4, 0.5) is 4.79 Å². The van der Waals surface area contributed by atoms with Crippen LogP contribution in [-0.2, 0) is 14.3 Å². The lowest BCUT2D eigenvalue weighted by molar-refractivity contribution is -0.131. The fourth-order valence-electron chi connectivity index (χ4n) is 1.82. The zero-order valence-corrected chi connectivity index (χ0v) is 11.7. The zero-order chi connectivity index (χ0) is 13.8. The van der Waals surface area contributed by atoms with Crippen molar-refractivity contribution in [1.29, 1.82) is 0 Å². The minimum absolute atomic E-state index is 0.0373. The van der Waals surface area contributed by atoms with Crippen molar-refractivity contribution in [2.75, 3.05) is 13.2 Å². The highest BCUT2D eigenvalue weighted by atomic mass is 16.6. The molecule has 1 rings (SSSR count). The molecule has 104 valence electrons. The Bertz CT molecular complexity index is 309. The molecule has 0 radical (unpaired) electrons. The summed E-state index contributed by atoms with van der Waals surface area (Å²) in [4.78, 5) is 24.5. The van der Waals surface area contributed by atoms with E-state index in [4.69, 9.17) is 9.47 Å².